The molecule has 2 aromatic carbocycles. The molecule has 34 heavy (non-hydrogen) atoms. The maximum atomic E-state index is 12.9. The molecule has 4 aromatic rings. The van der Waals surface area contributed by atoms with Gasteiger partial charge < -0.3 is 9.30 Å². The van der Waals surface area contributed by atoms with Crippen molar-refractivity contribution in [2.45, 2.75) is 6.54 Å². The minimum Gasteiger partial charge on any atom is -0.336 e. The molecule has 0 saturated carbocycles. The third kappa shape index (κ3) is 4.37. The largest absolute Gasteiger partial charge is 0.336 e. The fourth-order valence-electron chi connectivity index (χ4n) is 4.29. The number of carbonyl (C=O) groups is 1. The first-order chi connectivity index (χ1) is 16.5. The van der Waals surface area contributed by atoms with Gasteiger partial charge in [-0.2, -0.15) is 0 Å². The normalized spacial score (nSPS) is 14.4. The molecule has 3 heterocycles. The molecule has 0 spiro atoms. The number of hydrogen-bond donors (Lipinski definition) is 0. The molecule has 9 heteroatoms. The molecular weight excluding hydrogens is 454 g/mol. The van der Waals surface area contributed by atoms with Gasteiger partial charge in [0.15, 0.2) is 0 Å². The third-order valence-electron chi connectivity index (χ3n) is 6.08. The zero-order chi connectivity index (χ0) is 23.7. The van der Waals surface area contributed by atoms with Crippen molar-refractivity contribution in [1.29, 1.82) is 0 Å². The van der Waals surface area contributed by atoms with E-state index in [4.69, 9.17) is 16.6 Å². The number of pyridine rings is 1. The maximum absolute atomic E-state index is 12.9. The van der Waals surface area contributed by atoms with Crippen molar-refractivity contribution < 1.29 is 9.72 Å². The average Bonchev–Trinajstić information content (AvgIpc) is 3.23. The Kier molecular flexibility index (Phi) is 6.00. The van der Waals surface area contributed by atoms with Gasteiger partial charge in [-0.05, 0) is 30.3 Å². The molecule has 1 aliphatic rings. The number of aromatic nitrogens is 2. The Hall–Kier alpha value is -3.75. The zero-order valence-corrected chi connectivity index (χ0v) is 19.1. The molecule has 0 atom stereocenters. The van der Waals surface area contributed by atoms with Crippen LogP contribution in [0.2, 0.25) is 5.02 Å². The van der Waals surface area contributed by atoms with Crippen LogP contribution in [0.1, 0.15) is 16.1 Å². The highest BCUT2D eigenvalue weighted by Crippen LogP contribution is 2.27. The van der Waals surface area contributed by atoms with Crippen LogP contribution in [-0.4, -0.2) is 56.2 Å². The predicted octanol–water partition coefficient (Wildman–Crippen LogP) is 4.52. The first-order valence-electron chi connectivity index (χ1n) is 11.0. The maximum Gasteiger partial charge on any atom is 0.270 e. The second-order valence-corrected chi connectivity index (χ2v) is 8.66. The molecule has 0 N–H and O–H groups in total. The van der Waals surface area contributed by atoms with Gasteiger partial charge in [-0.1, -0.05) is 35.9 Å². The molecule has 0 unspecified atom stereocenters. The lowest BCUT2D eigenvalue weighted by atomic mass is 10.1. The van der Waals surface area contributed by atoms with Crippen LogP contribution in [0.3, 0.4) is 0 Å². The number of imidazole rings is 1. The van der Waals surface area contributed by atoms with E-state index in [9.17, 15) is 14.9 Å². The molecule has 0 aliphatic carbocycles. The highest BCUT2D eigenvalue weighted by Gasteiger charge is 2.25. The van der Waals surface area contributed by atoms with Crippen LogP contribution in [0.4, 0.5) is 5.69 Å². The van der Waals surface area contributed by atoms with E-state index in [0.717, 1.165) is 22.6 Å². The van der Waals surface area contributed by atoms with Crippen LogP contribution in [0.15, 0.2) is 72.9 Å². The Bertz CT molecular complexity index is 1360. The molecule has 8 nitrogen and oxygen atoms in total. The second-order valence-electron chi connectivity index (χ2n) is 8.22. The van der Waals surface area contributed by atoms with Crippen molar-refractivity contribution >= 4 is 28.8 Å². The number of hydrogen-bond acceptors (Lipinski definition) is 5. The van der Waals surface area contributed by atoms with Crippen LogP contribution in [0, 0.1) is 10.1 Å². The Balaban J connectivity index is 1.33. The number of carbonyl (C=O) groups excluding carboxylic acids is 1. The quantitative estimate of drug-likeness (QED) is 0.313. The van der Waals surface area contributed by atoms with Gasteiger partial charge in [0.25, 0.3) is 11.6 Å². The van der Waals surface area contributed by atoms with E-state index in [1.54, 1.807) is 17.0 Å². The fourth-order valence-corrected chi connectivity index (χ4v) is 4.42. The van der Waals surface area contributed by atoms with E-state index in [2.05, 4.69) is 9.30 Å². The summed E-state index contributed by atoms with van der Waals surface area (Å²) < 4.78 is 2.10. The topological polar surface area (TPSA) is 84.0 Å². The van der Waals surface area contributed by atoms with Gasteiger partial charge in [-0.25, -0.2) is 4.98 Å². The Morgan fingerprint density at radius 2 is 1.76 bits per heavy atom. The molecule has 2 aromatic heterocycles. The van der Waals surface area contributed by atoms with E-state index in [1.807, 2.05) is 48.7 Å². The summed E-state index contributed by atoms with van der Waals surface area (Å²) in [7, 11) is 0. The molecule has 0 bridgehead atoms. The van der Waals surface area contributed by atoms with E-state index in [1.165, 1.54) is 12.1 Å². The number of nitrogens with zero attached hydrogens (tertiary/aromatic N) is 5. The number of nitro groups is 1. The molecule has 5 rings (SSSR count). The standard InChI is InChI=1S/C25H22ClN5O3/c26-20-9-7-18(8-10-20)24-22(30-11-2-1-6-23(30)27-24)17-28-12-14-29(15-13-28)25(32)19-4-3-5-21(16-19)31(33)34/h1-11,16H,12-15,17H2. The fraction of sp³-hybridized carbons (Fsp3) is 0.200. The summed E-state index contributed by atoms with van der Waals surface area (Å²) in [5.41, 5.74) is 4.14. The second kappa shape index (κ2) is 9.24. The molecule has 1 saturated heterocycles. The molecule has 1 amide bonds. The first kappa shape index (κ1) is 22.1. The summed E-state index contributed by atoms with van der Waals surface area (Å²) in [6.07, 6.45) is 2.01. The Labute approximate surface area is 201 Å². The highest BCUT2D eigenvalue weighted by atomic mass is 35.5. The molecule has 0 radical (unpaired) electrons. The van der Waals surface area contributed by atoms with Crippen molar-refractivity contribution in [1.82, 2.24) is 19.2 Å². The van der Waals surface area contributed by atoms with Crippen molar-refractivity contribution in [3.05, 3.63) is 99.3 Å². The number of amides is 1. The monoisotopic (exact) mass is 475 g/mol. The van der Waals surface area contributed by atoms with Crippen LogP contribution in [-0.2, 0) is 6.54 Å². The number of benzene rings is 2. The Morgan fingerprint density at radius 1 is 1.00 bits per heavy atom. The summed E-state index contributed by atoms with van der Waals surface area (Å²) in [5.74, 6) is -0.181. The highest BCUT2D eigenvalue weighted by molar-refractivity contribution is 6.30. The van der Waals surface area contributed by atoms with E-state index in [-0.39, 0.29) is 11.6 Å². The number of rotatable bonds is 5. The lowest BCUT2D eigenvalue weighted by molar-refractivity contribution is -0.384. The van der Waals surface area contributed by atoms with Crippen molar-refractivity contribution in [2.24, 2.45) is 0 Å². The number of piperazine rings is 1. The van der Waals surface area contributed by atoms with Crippen molar-refractivity contribution in [3.63, 3.8) is 0 Å². The molecule has 1 aliphatic heterocycles. The number of nitro benzene ring substituents is 1. The van der Waals surface area contributed by atoms with Gasteiger partial charge in [0, 0.05) is 67.2 Å². The van der Waals surface area contributed by atoms with Gasteiger partial charge in [-0.15, -0.1) is 0 Å². The van der Waals surface area contributed by atoms with Crippen LogP contribution >= 0.6 is 11.6 Å². The number of fused-ring (bicyclic) bond motifs is 1. The van der Waals surface area contributed by atoms with E-state index < -0.39 is 4.92 Å². The predicted molar refractivity (Wildman–Crippen MR) is 130 cm³/mol. The Morgan fingerprint density at radius 3 is 2.50 bits per heavy atom. The van der Waals surface area contributed by atoms with Gasteiger partial charge >= 0.3 is 0 Å². The third-order valence-corrected chi connectivity index (χ3v) is 6.34. The molecular formula is C25H22ClN5O3. The van der Waals surface area contributed by atoms with Crippen molar-refractivity contribution in [3.8, 4) is 11.3 Å². The number of non-ortho nitro benzene ring substituents is 1. The first-order valence-corrected chi connectivity index (χ1v) is 11.4. The van der Waals surface area contributed by atoms with Crippen molar-refractivity contribution in [2.75, 3.05) is 26.2 Å². The summed E-state index contributed by atoms with van der Waals surface area (Å²) in [6.45, 7) is 3.17. The summed E-state index contributed by atoms with van der Waals surface area (Å²) in [4.78, 5) is 32.4. The molecule has 1 fully saturated rings. The van der Waals surface area contributed by atoms with E-state index >= 15 is 0 Å². The van der Waals surface area contributed by atoms with Crippen LogP contribution in [0.25, 0.3) is 16.9 Å². The lowest BCUT2D eigenvalue weighted by Gasteiger charge is -2.34. The van der Waals surface area contributed by atoms with Gasteiger partial charge in [0.1, 0.15) is 5.65 Å². The minimum atomic E-state index is -0.483. The SMILES string of the molecule is O=C(c1cccc([N+](=O)[O-])c1)N1CCN(Cc2c(-c3ccc(Cl)cc3)nc3ccccn23)CC1. The van der Waals surface area contributed by atoms with E-state index in [0.29, 0.717) is 43.3 Å². The van der Waals surface area contributed by atoms with Gasteiger partial charge in [0.2, 0.25) is 0 Å². The number of halogens is 1. The summed E-state index contributed by atoms with van der Waals surface area (Å²) >= 11 is 6.08. The summed E-state index contributed by atoms with van der Waals surface area (Å²) in [6, 6.07) is 19.5. The lowest BCUT2D eigenvalue weighted by Crippen LogP contribution is -2.48. The van der Waals surface area contributed by atoms with Crippen LogP contribution < -0.4 is 0 Å². The average molecular weight is 476 g/mol. The smallest absolute Gasteiger partial charge is 0.270 e. The zero-order valence-electron chi connectivity index (χ0n) is 18.3. The van der Waals surface area contributed by atoms with Gasteiger partial charge in [-0.3, -0.25) is 19.8 Å². The molecule has 172 valence electrons. The summed E-state index contributed by atoms with van der Waals surface area (Å²) in [5, 5.41) is 11.7. The van der Waals surface area contributed by atoms with Gasteiger partial charge in [0.05, 0.1) is 16.3 Å². The minimum absolute atomic E-state index is 0.0770. The van der Waals surface area contributed by atoms with Crippen LogP contribution in [0.5, 0.6) is 0 Å².